The molecule has 0 aliphatic carbocycles. The minimum absolute atomic E-state index is 0.113. The predicted molar refractivity (Wildman–Crippen MR) is 107 cm³/mol. The van der Waals surface area contributed by atoms with Gasteiger partial charge in [0.1, 0.15) is 0 Å². The molecule has 0 spiro atoms. The van der Waals surface area contributed by atoms with Gasteiger partial charge < -0.3 is 9.84 Å². The van der Waals surface area contributed by atoms with Crippen LogP contribution in [-0.2, 0) is 14.3 Å². The maximum absolute atomic E-state index is 12.4. The summed E-state index contributed by atoms with van der Waals surface area (Å²) in [5.74, 6) is -1.03. The van der Waals surface area contributed by atoms with Crippen LogP contribution in [0.3, 0.4) is 0 Å². The van der Waals surface area contributed by atoms with Crippen molar-refractivity contribution < 1.29 is 19.4 Å². The molecule has 0 saturated heterocycles. The van der Waals surface area contributed by atoms with Gasteiger partial charge in [-0.1, -0.05) is 84.5 Å². The molecule has 0 heterocycles. The Kier molecular flexibility index (Phi) is 18.0. The number of aliphatic carboxylic acids is 1. The average Bonchev–Trinajstić information content (AvgIpc) is 2.61. The second-order valence-electron chi connectivity index (χ2n) is 7.47. The SMILES string of the molecule is CCCCCCCCOC(=O)C(CCCCCCCC)CCCC(=O)O. The summed E-state index contributed by atoms with van der Waals surface area (Å²) in [5, 5.41) is 8.81. The van der Waals surface area contributed by atoms with Gasteiger partial charge >= 0.3 is 11.9 Å². The van der Waals surface area contributed by atoms with Crippen LogP contribution in [0.15, 0.2) is 0 Å². The quantitative estimate of drug-likeness (QED) is 0.208. The van der Waals surface area contributed by atoms with Crippen molar-refractivity contribution in [2.75, 3.05) is 6.61 Å². The van der Waals surface area contributed by atoms with Crippen molar-refractivity contribution in [1.82, 2.24) is 0 Å². The minimum Gasteiger partial charge on any atom is -0.481 e. The lowest BCUT2D eigenvalue weighted by molar-refractivity contribution is -0.149. The van der Waals surface area contributed by atoms with Crippen molar-refractivity contribution in [3.05, 3.63) is 0 Å². The lowest BCUT2D eigenvalue weighted by atomic mass is 9.95. The van der Waals surface area contributed by atoms with Gasteiger partial charge in [-0.25, -0.2) is 0 Å². The first-order chi connectivity index (χ1) is 12.6. The first-order valence-electron chi connectivity index (χ1n) is 11.0. The zero-order valence-corrected chi connectivity index (χ0v) is 17.3. The number of carbonyl (C=O) groups excluding carboxylic acids is 1. The van der Waals surface area contributed by atoms with Gasteiger partial charge in [-0.2, -0.15) is 0 Å². The van der Waals surface area contributed by atoms with E-state index < -0.39 is 5.97 Å². The number of rotatable bonds is 19. The van der Waals surface area contributed by atoms with E-state index >= 15 is 0 Å². The molecule has 0 fully saturated rings. The molecule has 0 aromatic rings. The van der Waals surface area contributed by atoms with Crippen LogP contribution < -0.4 is 0 Å². The Morgan fingerprint density at radius 1 is 0.731 bits per heavy atom. The summed E-state index contributed by atoms with van der Waals surface area (Å²) in [5.41, 5.74) is 0. The Hall–Kier alpha value is -1.06. The third-order valence-electron chi connectivity index (χ3n) is 4.92. The third kappa shape index (κ3) is 16.4. The van der Waals surface area contributed by atoms with Crippen molar-refractivity contribution in [3.63, 3.8) is 0 Å². The van der Waals surface area contributed by atoms with E-state index in [9.17, 15) is 9.59 Å². The smallest absolute Gasteiger partial charge is 0.308 e. The molecule has 0 aliphatic rings. The van der Waals surface area contributed by atoms with Crippen LogP contribution in [0.5, 0.6) is 0 Å². The molecule has 0 rings (SSSR count). The van der Waals surface area contributed by atoms with E-state index in [1.165, 1.54) is 51.4 Å². The van der Waals surface area contributed by atoms with E-state index in [2.05, 4.69) is 13.8 Å². The number of carboxylic acids is 1. The number of hydrogen-bond acceptors (Lipinski definition) is 3. The molecule has 154 valence electrons. The summed E-state index contributed by atoms with van der Waals surface area (Å²) in [6, 6.07) is 0. The zero-order valence-electron chi connectivity index (χ0n) is 17.3. The van der Waals surface area contributed by atoms with Gasteiger partial charge in [-0.15, -0.1) is 0 Å². The summed E-state index contributed by atoms with van der Waals surface area (Å²) >= 11 is 0. The van der Waals surface area contributed by atoms with Crippen LogP contribution >= 0.6 is 0 Å². The summed E-state index contributed by atoms with van der Waals surface area (Å²) in [6.45, 7) is 4.92. The fourth-order valence-corrected chi connectivity index (χ4v) is 3.22. The molecule has 1 atom stereocenters. The van der Waals surface area contributed by atoms with E-state index in [1.807, 2.05) is 0 Å². The number of esters is 1. The summed E-state index contributed by atoms with van der Waals surface area (Å²) in [6.07, 6.45) is 16.4. The minimum atomic E-state index is -0.788. The second-order valence-corrected chi connectivity index (χ2v) is 7.47. The number of carboxylic acid groups (broad SMARTS) is 1. The molecule has 0 saturated carbocycles. The number of unbranched alkanes of at least 4 members (excludes halogenated alkanes) is 10. The third-order valence-corrected chi connectivity index (χ3v) is 4.92. The summed E-state index contributed by atoms with van der Waals surface area (Å²) in [4.78, 5) is 23.1. The molecule has 0 aromatic heterocycles. The van der Waals surface area contributed by atoms with Crippen molar-refractivity contribution in [2.45, 2.75) is 117 Å². The highest BCUT2D eigenvalue weighted by Gasteiger charge is 2.19. The van der Waals surface area contributed by atoms with Crippen LogP contribution in [-0.4, -0.2) is 23.7 Å². The van der Waals surface area contributed by atoms with E-state index in [0.29, 0.717) is 19.4 Å². The molecule has 0 amide bonds. The van der Waals surface area contributed by atoms with E-state index in [1.54, 1.807) is 0 Å². The number of ether oxygens (including phenoxy) is 1. The van der Waals surface area contributed by atoms with E-state index in [0.717, 1.165) is 32.1 Å². The molecule has 4 heteroatoms. The Bertz CT molecular complexity index is 341. The number of carbonyl (C=O) groups is 2. The Labute approximate surface area is 161 Å². The van der Waals surface area contributed by atoms with Crippen LogP contribution in [0.1, 0.15) is 117 Å². The zero-order chi connectivity index (χ0) is 19.5. The normalized spacial score (nSPS) is 12.1. The molecule has 26 heavy (non-hydrogen) atoms. The van der Waals surface area contributed by atoms with Crippen molar-refractivity contribution >= 4 is 11.9 Å². The molecular weight excluding hydrogens is 328 g/mol. The van der Waals surface area contributed by atoms with Gasteiger partial charge in [0, 0.05) is 6.42 Å². The number of hydrogen-bond donors (Lipinski definition) is 1. The predicted octanol–water partition coefficient (Wildman–Crippen LogP) is 6.51. The van der Waals surface area contributed by atoms with Crippen LogP contribution in [0.4, 0.5) is 0 Å². The second kappa shape index (κ2) is 18.7. The van der Waals surface area contributed by atoms with E-state index in [-0.39, 0.29) is 18.3 Å². The highest BCUT2D eigenvalue weighted by atomic mass is 16.5. The fourth-order valence-electron chi connectivity index (χ4n) is 3.22. The van der Waals surface area contributed by atoms with Gasteiger partial charge in [0.05, 0.1) is 12.5 Å². The molecule has 1 N–H and O–H groups in total. The molecule has 0 bridgehead atoms. The Morgan fingerprint density at radius 2 is 1.23 bits per heavy atom. The topological polar surface area (TPSA) is 63.6 Å². The standard InChI is InChI=1S/C22H42O4/c1-3-5-7-9-11-13-16-20(17-15-18-21(23)24)22(25)26-19-14-12-10-8-6-4-2/h20H,3-19H2,1-2H3,(H,23,24). The van der Waals surface area contributed by atoms with Crippen molar-refractivity contribution in [3.8, 4) is 0 Å². The molecule has 1 unspecified atom stereocenters. The first kappa shape index (κ1) is 24.9. The van der Waals surface area contributed by atoms with Crippen molar-refractivity contribution in [1.29, 1.82) is 0 Å². The van der Waals surface area contributed by atoms with Gasteiger partial charge in [0.25, 0.3) is 0 Å². The van der Waals surface area contributed by atoms with Gasteiger partial charge in [0.2, 0.25) is 0 Å². The Morgan fingerprint density at radius 3 is 1.81 bits per heavy atom. The lowest BCUT2D eigenvalue weighted by Crippen LogP contribution is -2.19. The fraction of sp³-hybridized carbons (Fsp3) is 0.909. The highest BCUT2D eigenvalue weighted by molar-refractivity contribution is 5.72. The van der Waals surface area contributed by atoms with Crippen LogP contribution in [0, 0.1) is 5.92 Å². The molecule has 0 aliphatic heterocycles. The van der Waals surface area contributed by atoms with E-state index in [4.69, 9.17) is 9.84 Å². The monoisotopic (exact) mass is 370 g/mol. The molecular formula is C22H42O4. The largest absolute Gasteiger partial charge is 0.481 e. The van der Waals surface area contributed by atoms with Crippen molar-refractivity contribution in [2.24, 2.45) is 5.92 Å². The first-order valence-corrected chi connectivity index (χ1v) is 11.0. The maximum Gasteiger partial charge on any atom is 0.308 e. The molecule has 0 radical (unpaired) electrons. The lowest BCUT2D eigenvalue weighted by Gasteiger charge is -2.16. The summed E-state index contributed by atoms with van der Waals surface area (Å²) < 4.78 is 5.48. The van der Waals surface area contributed by atoms with Gasteiger partial charge in [-0.3, -0.25) is 9.59 Å². The highest BCUT2D eigenvalue weighted by Crippen LogP contribution is 2.20. The van der Waals surface area contributed by atoms with Gasteiger partial charge in [-0.05, 0) is 25.7 Å². The van der Waals surface area contributed by atoms with Crippen LogP contribution in [0.25, 0.3) is 0 Å². The molecule has 0 aromatic carbocycles. The maximum atomic E-state index is 12.4. The average molecular weight is 371 g/mol. The van der Waals surface area contributed by atoms with Gasteiger partial charge in [0.15, 0.2) is 0 Å². The van der Waals surface area contributed by atoms with Crippen LogP contribution in [0.2, 0.25) is 0 Å². The molecule has 4 nitrogen and oxygen atoms in total. The Balaban J connectivity index is 4.01. The summed E-state index contributed by atoms with van der Waals surface area (Å²) in [7, 11) is 0.